The number of carbonyl (C=O) groups is 1. The molecule has 4 aromatic rings. The summed E-state index contributed by atoms with van der Waals surface area (Å²) in [5.74, 6) is 0.0393. The average molecular weight is 476 g/mol. The highest BCUT2D eigenvalue weighted by Gasteiger charge is 2.20. The van der Waals surface area contributed by atoms with Gasteiger partial charge in [-0.25, -0.2) is 0 Å². The van der Waals surface area contributed by atoms with Crippen LogP contribution < -0.4 is 10.2 Å². The number of hydrogen-bond donors (Lipinski definition) is 1. The molecule has 4 aromatic carbocycles. The van der Waals surface area contributed by atoms with Crippen molar-refractivity contribution in [3.63, 3.8) is 0 Å². The Labute approximate surface area is 213 Å². The molecule has 1 heterocycles. The number of amides is 1. The van der Waals surface area contributed by atoms with E-state index in [0.29, 0.717) is 0 Å². The standard InChI is InChI=1S/C32H33N3O/c36-32(26-14-15-29-27(23-26)22-25-9-2-3-11-28(25)29)33-16-5-6-17-34-18-20-35(21-19-34)31-13-7-10-24-8-1-4-12-30(24)31/h1-4,7-15,23H,5-6,16-22H2,(H,33,36). The van der Waals surface area contributed by atoms with E-state index in [4.69, 9.17) is 0 Å². The Morgan fingerprint density at radius 2 is 1.53 bits per heavy atom. The third-order valence-electron chi connectivity index (χ3n) is 7.72. The zero-order chi connectivity index (χ0) is 24.3. The van der Waals surface area contributed by atoms with Crippen LogP contribution in [0.25, 0.3) is 21.9 Å². The van der Waals surface area contributed by atoms with Crippen LogP contribution >= 0.6 is 0 Å². The van der Waals surface area contributed by atoms with Gasteiger partial charge in [-0.05, 0) is 71.6 Å². The molecule has 1 saturated heterocycles. The Kier molecular flexibility index (Phi) is 6.44. The van der Waals surface area contributed by atoms with Crippen LogP contribution in [0.3, 0.4) is 0 Å². The maximum atomic E-state index is 12.7. The van der Waals surface area contributed by atoms with Crippen molar-refractivity contribution >= 4 is 22.4 Å². The highest BCUT2D eigenvalue weighted by atomic mass is 16.1. The molecule has 0 radical (unpaired) electrons. The zero-order valence-electron chi connectivity index (χ0n) is 20.7. The molecule has 0 unspecified atom stereocenters. The number of rotatable bonds is 7. The molecule has 2 aliphatic rings. The first kappa shape index (κ1) is 22.8. The molecule has 182 valence electrons. The van der Waals surface area contributed by atoms with Crippen molar-refractivity contribution in [3.8, 4) is 11.1 Å². The van der Waals surface area contributed by atoms with Gasteiger partial charge in [0.15, 0.2) is 0 Å². The zero-order valence-corrected chi connectivity index (χ0v) is 20.7. The Morgan fingerprint density at radius 1 is 0.750 bits per heavy atom. The second-order valence-corrected chi connectivity index (χ2v) is 10.00. The van der Waals surface area contributed by atoms with Gasteiger partial charge in [0, 0.05) is 49.4 Å². The van der Waals surface area contributed by atoms with Gasteiger partial charge in [0.25, 0.3) is 5.91 Å². The van der Waals surface area contributed by atoms with Gasteiger partial charge in [0.05, 0.1) is 0 Å². The monoisotopic (exact) mass is 475 g/mol. The molecule has 0 bridgehead atoms. The van der Waals surface area contributed by atoms with Crippen molar-refractivity contribution in [2.45, 2.75) is 19.3 Å². The van der Waals surface area contributed by atoms with Crippen molar-refractivity contribution in [1.29, 1.82) is 0 Å². The first-order valence-corrected chi connectivity index (χ1v) is 13.2. The van der Waals surface area contributed by atoms with Crippen LogP contribution in [0, 0.1) is 0 Å². The van der Waals surface area contributed by atoms with E-state index in [9.17, 15) is 4.79 Å². The summed E-state index contributed by atoms with van der Waals surface area (Å²) in [6, 6.07) is 29.9. The van der Waals surface area contributed by atoms with Crippen LogP contribution in [0.15, 0.2) is 84.9 Å². The second-order valence-electron chi connectivity index (χ2n) is 10.00. The molecule has 6 rings (SSSR count). The summed E-state index contributed by atoms with van der Waals surface area (Å²) >= 11 is 0. The molecule has 1 amide bonds. The van der Waals surface area contributed by atoms with Crippen molar-refractivity contribution in [2.75, 3.05) is 44.2 Å². The van der Waals surface area contributed by atoms with Gasteiger partial charge < -0.3 is 10.2 Å². The molecule has 0 spiro atoms. The minimum Gasteiger partial charge on any atom is -0.368 e. The highest BCUT2D eigenvalue weighted by molar-refractivity contribution is 5.96. The van der Waals surface area contributed by atoms with E-state index < -0.39 is 0 Å². The molecule has 1 N–H and O–H groups in total. The SMILES string of the molecule is O=C(NCCCCN1CCN(c2cccc3ccccc23)CC1)c1ccc2c(c1)Cc1ccccc1-2. The fraction of sp³-hybridized carbons (Fsp3) is 0.281. The molecular formula is C32H33N3O. The number of nitrogens with zero attached hydrogens (tertiary/aromatic N) is 2. The minimum atomic E-state index is 0.0393. The number of nitrogens with one attached hydrogen (secondary N) is 1. The third kappa shape index (κ3) is 4.61. The smallest absolute Gasteiger partial charge is 0.251 e. The highest BCUT2D eigenvalue weighted by Crippen LogP contribution is 2.36. The molecule has 36 heavy (non-hydrogen) atoms. The third-order valence-corrected chi connectivity index (χ3v) is 7.72. The predicted molar refractivity (Wildman–Crippen MR) is 149 cm³/mol. The van der Waals surface area contributed by atoms with E-state index in [2.05, 4.69) is 94.0 Å². The normalized spacial score (nSPS) is 15.1. The number of anilines is 1. The second kappa shape index (κ2) is 10.2. The number of fused-ring (bicyclic) bond motifs is 4. The van der Waals surface area contributed by atoms with Crippen LogP contribution in [-0.4, -0.2) is 50.1 Å². The fourth-order valence-corrected chi connectivity index (χ4v) is 5.75. The Bertz CT molecular complexity index is 1380. The van der Waals surface area contributed by atoms with Crippen LogP contribution in [0.5, 0.6) is 0 Å². The molecular weight excluding hydrogens is 442 g/mol. The number of benzene rings is 4. The molecule has 4 heteroatoms. The van der Waals surface area contributed by atoms with Crippen molar-refractivity contribution < 1.29 is 4.79 Å². The number of piperazine rings is 1. The summed E-state index contributed by atoms with van der Waals surface area (Å²) in [5.41, 5.74) is 7.30. The van der Waals surface area contributed by atoms with Gasteiger partial charge in [-0.3, -0.25) is 9.69 Å². The van der Waals surface area contributed by atoms with Crippen LogP contribution in [0.1, 0.15) is 34.3 Å². The molecule has 1 fully saturated rings. The summed E-state index contributed by atoms with van der Waals surface area (Å²) in [6.45, 7) is 6.13. The van der Waals surface area contributed by atoms with Crippen LogP contribution in [0.2, 0.25) is 0 Å². The average Bonchev–Trinajstić information content (AvgIpc) is 3.31. The van der Waals surface area contributed by atoms with Crippen molar-refractivity contribution in [1.82, 2.24) is 10.2 Å². The van der Waals surface area contributed by atoms with Crippen LogP contribution in [-0.2, 0) is 6.42 Å². The lowest BCUT2D eigenvalue weighted by Gasteiger charge is -2.36. The van der Waals surface area contributed by atoms with E-state index in [0.717, 1.165) is 64.1 Å². The van der Waals surface area contributed by atoms with Gasteiger partial charge >= 0.3 is 0 Å². The van der Waals surface area contributed by atoms with E-state index in [1.165, 1.54) is 38.7 Å². The molecule has 0 aromatic heterocycles. The molecule has 1 aliphatic carbocycles. The Morgan fingerprint density at radius 3 is 2.44 bits per heavy atom. The van der Waals surface area contributed by atoms with Crippen molar-refractivity contribution in [2.24, 2.45) is 0 Å². The maximum absolute atomic E-state index is 12.7. The largest absolute Gasteiger partial charge is 0.368 e. The summed E-state index contributed by atoms with van der Waals surface area (Å²) in [4.78, 5) is 17.8. The predicted octanol–water partition coefficient (Wildman–Crippen LogP) is 5.74. The topological polar surface area (TPSA) is 35.6 Å². The number of carbonyl (C=O) groups excluding carboxylic acids is 1. The van der Waals surface area contributed by atoms with E-state index in [1.807, 2.05) is 6.07 Å². The first-order chi connectivity index (χ1) is 17.8. The van der Waals surface area contributed by atoms with Gasteiger partial charge in [-0.15, -0.1) is 0 Å². The Balaban J connectivity index is 0.937. The van der Waals surface area contributed by atoms with Gasteiger partial charge in [0.1, 0.15) is 0 Å². The number of unbranched alkanes of at least 4 members (excludes halogenated alkanes) is 1. The number of hydrogen-bond acceptors (Lipinski definition) is 3. The van der Waals surface area contributed by atoms with Gasteiger partial charge in [-0.1, -0.05) is 66.7 Å². The van der Waals surface area contributed by atoms with E-state index in [-0.39, 0.29) is 5.91 Å². The maximum Gasteiger partial charge on any atom is 0.251 e. The lowest BCUT2D eigenvalue weighted by atomic mass is 10.0. The fourth-order valence-electron chi connectivity index (χ4n) is 5.75. The lowest BCUT2D eigenvalue weighted by Crippen LogP contribution is -2.46. The summed E-state index contributed by atoms with van der Waals surface area (Å²) in [6.07, 6.45) is 3.03. The quantitative estimate of drug-likeness (QED) is 0.305. The minimum absolute atomic E-state index is 0.0393. The molecule has 0 atom stereocenters. The van der Waals surface area contributed by atoms with Gasteiger partial charge in [-0.2, -0.15) is 0 Å². The lowest BCUT2D eigenvalue weighted by molar-refractivity contribution is 0.0952. The summed E-state index contributed by atoms with van der Waals surface area (Å²) < 4.78 is 0. The Hall–Kier alpha value is -3.63. The van der Waals surface area contributed by atoms with Crippen molar-refractivity contribution in [3.05, 3.63) is 102 Å². The summed E-state index contributed by atoms with van der Waals surface area (Å²) in [5, 5.41) is 5.78. The first-order valence-electron chi connectivity index (χ1n) is 13.2. The van der Waals surface area contributed by atoms with E-state index in [1.54, 1.807) is 0 Å². The summed E-state index contributed by atoms with van der Waals surface area (Å²) in [7, 11) is 0. The molecule has 1 aliphatic heterocycles. The van der Waals surface area contributed by atoms with E-state index >= 15 is 0 Å². The molecule has 4 nitrogen and oxygen atoms in total. The van der Waals surface area contributed by atoms with Gasteiger partial charge in [0.2, 0.25) is 0 Å². The molecule has 0 saturated carbocycles. The van der Waals surface area contributed by atoms with Crippen LogP contribution in [0.4, 0.5) is 5.69 Å².